The van der Waals surface area contributed by atoms with Gasteiger partial charge in [0.05, 0.1) is 0 Å². The van der Waals surface area contributed by atoms with Gasteiger partial charge in [-0.05, 0) is 11.6 Å². The Bertz CT molecular complexity index is 505. The lowest BCUT2D eigenvalue weighted by atomic mass is 10.3. The lowest BCUT2D eigenvalue weighted by molar-refractivity contribution is 1.01. The van der Waals surface area contributed by atoms with E-state index in [2.05, 4.69) is 26.9 Å². The zero-order chi connectivity index (χ0) is 11.1. The standard InChI is InChI=1S/C9H7ClN4O/c10-8-5-7(6-12-9(8)15)3-1-2-4-13-14-11/h5-6H,2,4H2,(H,12,15). The van der Waals surface area contributed by atoms with Gasteiger partial charge >= 0.3 is 0 Å². The molecule has 0 aliphatic heterocycles. The van der Waals surface area contributed by atoms with E-state index in [4.69, 9.17) is 17.1 Å². The Hall–Kier alpha value is -1.89. The first kappa shape index (κ1) is 11.2. The van der Waals surface area contributed by atoms with Crippen LogP contribution in [0.5, 0.6) is 0 Å². The minimum Gasteiger partial charge on any atom is -0.327 e. The molecule has 0 fully saturated rings. The van der Waals surface area contributed by atoms with Crippen LogP contribution in [0.4, 0.5) is 0 Å². The third-order valence-corrected chi connectivity index (χ3v) is 1.77. The van der Waals surface area contributed by atoms with Crippen molar-refractivity contribution in [2.45, 2.75) is 6.42 Å². The number of rotatable bonds is 2. The second kappa shape index (κ2) is 5.76. The number of H-pyrrole nitrogens is 1. The van der Waals surface area contributed by atoms with E-state index < -0.39 is 0 Å². The first-order valence-corrected chi connectivity index (χ1v) is 4.50. The Morgan fingerprint density at radius 3 is 3.13 bits per heavy atom. The molecule has 0 aliphatic carbocycles. The predicted molar refractivity (Wildman–Crippen MR) is 57.6 cm³/mol. The van der Waals surface area contributed by atoms with Crippen molar-refractivity contribution < 1.29 is 0 Å². The first-order chi connectivity index (χ1) is 7.24. The van der Waals surface area contributed by atoms with Crippen molar-refractivity contribution in [3.63, 3.8) is 0 Å². The number of hydrogen-bond donors (Lipinski definition) is 1. The summed E-state index contributed by atoms with van der Waals surface area (Å²) in [4.78, 5) is 15.9. The SMILES string of the molecule is [N-]=[N+]=NCCC#Cc1c[nH]c(=O)c(Cl)c1. The van der Waals surface area contributed by atoms with Crippen LogP contribution < -0.4 is 5.56 Å². The van der Waals surface area contributed by atoms with Gasteiger partial charge in [-0.1, -0.05) is 28.6 Å². The number of nitrogens with one attached hydrogen (secondary N) is 1. The number of nitrogens with zero attached hydrogens (tertiary/aromatic N) is 3. The van der Waals surface area contributed by atoms with E-state index in [1.165, 1.54) is 12.3 Å². The quantitative estimate of drug-likeness (QED) is 0.268. The van der Waals surface area contributed by atoms with Crippen LogP contribution in [-0.2, 0) is 0 Å². The highest BCUT2D eigenvalue weighted by molar-refractivity contribution is 6.30. The summed E-state index contributed by atoms with van der Waals surface area (Å²) in [7, 11) is 0. The minimum atomic E-state index is -0.337. The fourth-order valence-electron chi connectivity index (χ4n) is 0.843. The van der Waals surface area contributed by atoms with Crippen molar-refractivity contribution >= 4 is 11.6 Å². The predicted octanol–water partition coefficient (Wildman–Crippen LogP) is 2.08. The molecule has 1 aromatic rings. The Balaban J connectivity index is 2.68. The van der Waals surface area contributed by atoms with Gasteiger partial charge in [0.15, 0.2) is 0 Å². The zero-order valence-corrected chi connectivity index (χ0v) is 8.45. The third-order valence-electron chi connectivity index (χ3n) is 1.49. The highest BCUT2D eigenvalue weighted by Crippen LogP contribution is 2.02. The monoisotopic (exact) mass is 222 g/mol. The van der Waals surface area contributed by atoms with Gasteiger partial charge < -0.3 is 4.98 Å². The van der Waals surface area contributed by atoms with Gasteiger partial charge in [0.2, 0.25) is 0 Å². The van der Waals surface area contributed by atoms with Gasteiger partial charge in [-0.15, -0.1) is 0 Å². The molecule has 15 heavy (non-hydrogen) atoms. The summed E-state index contributed by atoms with van der Waals surface area (Å²) in [6.07, 6.45) is 1.95. The number of hydrogen-bond acceptors (Lipinski definition) is 2. The lowest BCUT2D eigenvalue weighted by Gasteiger charge is -1.90. The smallest absolute Gasteiger partial charge is 0.266 e. The van der Waals surface area contributed by atoms with Crippen molar-refractivity contribution in [3.05, 3.63) is 43.6 Å². The normalized spacial score (nSPS) is 8.60. The van der Waals surface area contributed by atoms with Crippen LogP contribution in [0.25, 0.3) is 10.4 Å². The average Bonchev–Trinajstić information content (AvgIpc) is 2.23. The molecule has 0 saturated heterocycles. The molecule has 0 unspecified atom stereocenters. The molecule has 1 heterocycles. The maximum atomic E-state index is 10.9. The fraction of sp³-hybridized carbons (Fsp3) is 0.222. The van der Waals surface area contributed by atoms with Gasteiger partial charge in [-0.25, -0.2) is 0 Å². The van der Waals surface area contributed by atoms with Crippen molar-refractivity contribution in [2.75, 3.05) is 6.54 Å². The maximum absolute atomic E-state index is 10.9. The van der Waals surface area contributed by atoms with Gasteiger partial charge in [0, 0.05) is 29.6 Å². The molecule has 1 rings (SSSR count). The van der Waals surface area contributed by atoms with Crippen LogP contribution in [0, 0.1) is 11.8 Å². The molecule has 5 nitrogen and oxygen atoms in total. The summed E-state index contributed by atoms with van der Waals surface area (Å²) in [5.74, 6) is 5.57. The molecule has 0 bridgehead atoms. The van der Waals surface area contributed by atoms with Crippen molar-refractivity contribution in [3.8, 4) is 11.8 Å². The first-order valence-electron chi connectivity index (χ1n) is 4.12. The summed E-state index contributed by atoms with van der Waals surface area (Å²) in [6.45, 7) is 0.334. The van der Waals surface area contributed by atoms with Crippen LogP contribution in [0.3, 0.4) is 0 Å². The maximum Gasteiger partial charge on any atom is 0.266 e. The summed E-state index contributed by atoms with van der Waals surface area (Å²) >= 11 is 5.60. The summed E-state index contributed by atoms with van der Waals surface area (Å²) in [5.41, 5.74) is 8.29. The van der Waals surface area contributed by atoms with E-state index in [-0.39, 0.29) is 10.6 Å². The molecule has 0 amide bonds. The van der Waals surface area contributed by atoms with E-state index >= 15 is 0 Å². The summed E-state index contributed by atoms with van der Waals surface area (Å²) in [5, 5.41) is 3.44. The number of azide groups is 1. The molecule has 0 atom stereocenters. The third kappa shape index (κ3) is 3.77. The minimum absolute atomic E-state index is 0.108. The highest BCUT2D eigenvalue weighted by atomic mass is 35.5. The molecular weight excluding hydrogens is 216 g/mol. The molecule has 1 N–H and O–H groups in total. The molecule has 6 heteroatoms. The van der Waals surface area contributed by atoms with Crippen molar-refractivity contribution in [2.24, 2.45) is 5.11 Å². The molecular formula is C9H7ClN4O. The van der Waals surface area contributed by atoms with Gasteiger partial charge in [0.1, 0.15) is 5.02 Å². The number of aromatic amines is 1. The second-order valence-electron chi connectivity index (χ2n) is 2.57. The number of pyridine rings is 1. The number of halogens is 1. The molecule has 0 aliphatic rings. The Labute approximate surface area is 90.7 Å². The van der Waals surface area contributed by atoms with E-state index in [1.807, 2.05) is 0 Å². The Morgan fingerprint density at radius 2 is 2.47 bits per heavy atom. The topological polar surface area (TPSA) is 81.6 Å². The van der Waals surface area contributed by atoms with E-state index in [0.717, 1.165) is 0 Å². The molecule has 0 radical (unpaired) electrons. The largest absolute Gasteiger partial charge is 0.327 e. The van der Waals surface area contributed by atoms with Crippen molar-refractivity contribution in [1.29, 1.82) is 0 Å². The molecule has 0 spiro atoms. The Kier molecular flexibility index (Phi) is 4.30. The lowest BCUT2D eigenvalue weighted by Crippen LogP contribution is -2.04. The molecule has 76 valence electrons. The van der Waals surface area contributed by atoms with E-state index in [0.29, 0.717) is 18.5 Å². The summed E-state index contributed by atoms with van der Waals surface area (Å²) in [6, 6.07) is 1.49. The molecule has 0 saturated carbocycles. The van der Waals surface area contributed by atoms with Crippen molar-refractivity contribution in [1.82, 2.24) is 4.98 Å². The van der Waals surface area contributed by atoms with Crippen LogP contribution in [0.1, 0.15) is 12.0 Å². The highest BCUT2D eigenvalue weighted by Gasteiger charge is 1.94. The van der Waals surface area contributed by atoms with E-state index in [1.54, 1.807) is 0 Å². The average molecular weight is 223 g/mol. The summed E-state index contributed by atoms with van der Waals surface area (Å²) < 4.78 is 0. The number of aromatic nitrogens is 1. The second-order valence-corrected chi connectivity index (χ2v) is 2.98. The van der Waals surface area contributed by atoms with Gasteiger partial charge in [0.25, 0.3) is 5.56 Å². The zero-order valence-electron chi connectivity index (χ0n) is 7.70. The van der Waals surface area contributed by atoms with Crippen LogP contribution in [-0.4, -0.2) is 11.5 Å². The van der Waals surface area contributed by atoms with Crippen LogP contribution in [0.2, 0.25) is 5.02 Å². The molecule has 0 aromatic carbocycles. The van der Waals surface area contributed by atoms with E-state index in [9.17, 15) is 4.79 Å². The molecule has 1 aromatic heterocycles. The van der Waals surface area contributed by atoms with Crippen LogP contribution >= 0.6 is 11.6 Å². The van der Waals surface area contributed by atoms with Crippen LogP contribution in [0.15, 0.2) is 22.2 Å². The van der Waals surface area contributed by atoms with Gasteiger partial charge in [-0.2, -0.15) is 0 Å². The Morgan fingerprint density at radius 1 is 1.67 bits per heavy atom. The fourth-order valence-corrected chi connectivity index (χ4v) is 1.02. The van der Waals surface area contributed by atoms with Gasteiger partial charge in [-0.3, -0.25) is 4.79 Å².